The van der Waals surface area contributed by atoms with Crippen LogP contribution in [0.4, 0.5) is 0 Å². The van der Waals surface area contributed by atoms with Crippen molar-refractivity contribution in [2.45, 2.75) is 27.2 Å². The van der Waals surface area contributed by atoms with Gasteiger partial charge in [-0.1, -0.05) is 25.5 Å². The number of nitrogens with two attached hydrogens (primary N) is 1. The van der Waals surface area contributed by atoms with Gasteiger partial charge in [-0.25, -0.2) is 0 Å². The van der Waals surface area contributed by atoms with Gasteiger partial charge in [-0.2, -0.15) is 0 Å². The smallest absolute Gasteiger partial charge is 0.0190 e. The molecule has 0 aromatic rings. The average molecular weight is 196 g/mol. The van der Waals surface area contributed by atoms with Crippen molar-refractivity contribution in [3.05, 3.63) is 11.6 Å². The lowest BCUT2D eigenvalue weighted by Crippen LogP contribution is -2.38. The standard InChI is InChI=1S/C12H24N2/c1-10(2)12(7-13)9-14-6-4-5-11(3)8-14/h5,10,12H,4,6-9,13H2,1-3H3. The van der Waals surface area contributed by atoms with Crippen LogP contribution in [0.5, 0.6) is 0 Å². The van der Waals surface area contributed by atoms with E-state index in [0.717, 1.165) is 13.1 Å². The van der Waals surface area contributed by atoms with E-state index >= 15 is 0 Å². The van der Waals surface area contributed by atoms with E-state index < -0.39 is 0 Å². The Bertz CT molecular complexity index is 196. The summed E-state index contributed by atoms with van der Waals surface area (Å²) in [7, 11) is 0. The van der Waals surface area contributed by atoms with E-state index in [1.54, 1.807) is 0 Å². The predicted octanol–water partition coefficient (Wildman–Crippen LogP) is 1.87. The molecule has 1 heterocycles. The molecule has 0 radical (unpaired) electrons. The Labute approximate surface area is 88.2 Å². The first kappa shape index (κ1) is 11.7. The minimum Gasteiger partial charge on any atom is -0.330 e. The highest BCUT2D eigenvalue weighted by Crippen LogP contribution is 2.15. The molecule has 1 atom stereocenters. The van der Waals surface area contributed by atoms with E-state index in [2.05, 4.69) is 31.7 Å². The van der Waals surface area contributed by atoms with Gasteiger partial charge in [-0.3, -0.25) is 4.90 Å². The fourth-order valence-corrected chi connectivity index (χ4v) is 2.03. The average Bonchev–Trinajstić information content (AvgIpc) is 2.14. The molecular weight excluding hydrogens is 172 g/mol. The molecule has 0 saturated carbocycles. The Morgan fingerprint density at radius 1 is 1.50 bits per heavy atom. The second kappa shape index (κ2) is 5.52. The monoisotopic (exact) mass is 196 g/mol. The summed E-state index contributed by atoms with van der Waals surface area (Å²) in [5, 5.41) is 0. The van der Waals surface area contributed by atoms with Crippen molar-refractivity contribution in [1.29, 1.82) is 0 Å². The van der Waals surface area contributed by atoms with Crippen LogP contribution >= 0.6 is 0 Å². The van der Waals surface area contributed by atoms with Crippen molar-refractivity contribution in [1.82, 2.24) is 4.90 Å². The van der Waals surface area contributed by atoms with Gasteiger partial charge in [-0.15, -0.1) is 0 Å². The highest BCUT2D eigenvalue weighted by Gasteiger charge is 2.17. The Morgan fingerprint density at radius 2 is 2.21 bits per heavy atom. The van der Waals surface area contributed by atoms with E-state index in [-0.39, 0.29) is 0 Å². The van der Waals surface area contributed by atoms with Crippen LogP contribution in [0.3, 0.4) is 0 Å². The molecule has 1 aliphatic rings. The third-order valence-electron chi connectivity index (χ3n) is 3.15. The Hall–Kier alpha value is -0.340. The van der Waals surface area contributed by atoms with Gasteiger partial charge in [0, 0.05) is 19.6 Å². The van der Waals surface area contributed by atoms with E-state index in [0.29, 0.717) is 11.8 Å². The van der Waals surface area contributed by atoms with Crippen molar-refractivity contribution in [2.24, 2.45) is 17.6 Å². The maximum atomic E-state index is 5.78. The molecule has 0 bridgehead atoms. The molecule has 1 unspecified atom stereocenters. The van der Waals surface area contributed by atoms with Gasteiger partial charge in [0.15, 0.2) is 0 Å². The molecule has 14 heavy (non-hydrogen) atoms. The van der Waals surface area contributed by atoms with Crippen molar-refractivity contribution in [3.63, 3.8) is 0 Å². The van der Waals surface area contributed by atoms with E-state index in [1.165, 1.54) is 25.1 Å². The van der Waals surface area contributed by atoms with Gasteiger partial charge in [0.05, 0.1) is 0 Å². The first-order valence-corrected chi connectivity index (χ1v) is 5.71. The van der Waals surface area contributed by atoms with Crippen LogP contribution in [0, 0.1) is 11.8 Å². The normalized spacial score (nSPS) is 21.1. The van der Waals surface area contributed by atoms with Crippen LogP contribution in [0.1, 0.15) is 27.2 Å². The zero-order valence-electron chi connectivity index (χ0n) is 9.79. The van der Waals surface area contributed by atoms with Crippen LogP contribution in [0.25, 0.3) is 0 Å². The van der Waals surface area contributed by atoms with E-state index in [4.69, 9.17) is 5.73 Å². The summed E-state index contributed by atoms with van der Waals surface area (Å²) in [6.45, 7) is 11.1. The summed E-state index contributed by atoms with van der Waals surface area (Å²) in [6, 6.07) is 0. The zero-order chi connectivity index (χ0) is 10.6. The number of hydrogen-bond acceptors (Lipinski definition) is 2. The Balaban J connectivity index is 2.39. The molecule has 2 nitrogen and oxygen atoms in total. The highest BCUT2D eigenvalue weighted by molar-refractivity contribution is 5.04. The van der Waals surface area contributed by atoms with Crippen molar-refractivity contribution < 1.29 is 0 Å². The predicted molar refractivity (Wildman–Crippen MR) is 62.2 cm³/mol. The van der Waals surface area contributed by atoms with Gasteiger partial charge >= 0.3 is 0 Å². The third-order valence-corrected chi connectivity index (χ3v) is 3.15. The topological polar surface area (TPSA) is 29.3 Å². The van der Waals surface area contributed by atoms with Crippen molar-refractivity contribution in [2.75, 3.05) is 26.2 Å². The summed E-state index contributed by atoms with van der Waals surface area (Å²) >= 11 is 0. The first-order valence-electron chi connectivity index (χ1n) is 5.71. The van der Waals surface area contributed by atoms with Crippen molar-refractivity contribution >= 4 is 0 Å². The summed E-state index contributed by atoms with van der Waals surface area (Å²) in [4.78, 5) is 2.53. The molecule has 1 rings (SSSR count). The highest BCUT2D eigenvalue weighted by atomic mass is 15.1. The molecular formula is C12H24N2. The van der Waals surface area contributed by atoms with Gasteiger partial charge in [-0.05, 0) is 31.7 Å². The Kier molecular flexibility index (Phi) is 4.63. The van der Waals surface area contributed by atoms with Gasteiger partial charge in [0.2, 0.25) is 0 Å². The summed E-state index contributed by atoms with van der Waals surface area (Å²) < 4.78 is 0. The largest absolute Gasteiger partial charge is 0.330 e. The first-order chi connectivity index (χ1) is 6.63. The van der Waals surface area contributed by atoms with E-state index in [1.807, 2.05) is 0 Å². The molecule has 2 heteroatoms. The van der Waals surface area contributed by atoms with Gasteiger partial charge in [0.25, 0.3) is 0 Å². The molecule has 0 spiro atoms. The fraction of sp³-hybridized carbons (Fsp3) is 0.833. The molecule has 0 aliphatic carbocycles. The molecule has 0 saturated heterocycles. The van der Waals surface area contributed by atoms with E-state index in [9.17, 15) is 0 Å². The molecule has 0 aromatic heterocycles. The lowest BCUT2D eigenvalue weighted by atomic mass is 9.94. The maximum absolute atomic E-state index is 5.78. The maximum Gasteiger partial charge on any atom is 0.0190 e. The Morgan fingerprint density at radius 3 is 2.71 bits per heavy atom. The van der Waals surface area contributed by atoms with Crippen LogP contribution in [0.15, 0.2) is 11.6 Å². The van der Waals surface area contributed by atoms with Gasteiger partial charge < -0.3 is 5.73 Å². The lowest BCUT2D eigenvalue weighted by Gasteiger charge is -2.31. The van der Waals surface area contributed by atoms with Gasteiger partial charge in [0.1, 0.15) is 0 Å². The lowest BCUT2D eigenvalue weighted by molar-refractivity contribution is 0.214. The number of hydrogen-bond donors (Lipinski definition) is 1. The zero-order valence-corrected chi connectivity index (χ0v) is 9.79. The number of rotatable bonds is 4. The molecule has 0 aromatic carbocycles. The SMILES string of the molecule is CC1=CCCN(CC(CN)C(C)C)C1. The molecule has 0 fully saturated rings. The van der Waals surface area contributed by atoms with Crippen LogP contribution in [0.2, 0.25) is 0 Å². The summed E-state index contributed by atoms with van der Waals surface area (Å²) in [6.07, 6.45) is 3.56. The second-order valence-corrected chi connectivity index (χ2v) is 4.81. The number of nitrogens with zero attached hydrogens (tertiary/aromatic N) is 1. The van der Waals surface area contributed by atoms with Crippen molar-refractivity contribution in [3.8, 4) is 0 Å². The molecule has 0 amide bonds. The fourth-order valence-electron chi connectivity index (χ4n) is 2.03. The molecule has 1 aliphatic heterocycles. The third kappa shape index (κ3) is 3.43. The molecule has 2 N–H and O–H groups in total. The quantitative estimate of drug-likeness (QED) is 0.696. The minimum atomic E-state index is 0.654. The summed E-state index contributed by atoms with van der Waals surface area (Å²) in [5.41, 5.74) is 7.29. The van der Waals surface area contributed by atoms with Crippen LogP contribution in [-0.2, 0) is 0 Å². The molecule has 82 valence electrons. The van der Waals surface area contributed by atoms with Crippen LogP contribution < -0.4 is 5.73 Å². The van der Waals surface area contributed by atoms with Crippen LogP contribution in [-0.4, -0.2) is 31.1 Å². The minimum absolute atomic E-state index is 0.654. The second-order valence-electron chi connectivity index (χ2n) is 4.81. The summed E-state index contributed by atoms with van der Waals surface area (Å²) in [5.74, 6) is 1.35.